The first kappa shape index (κ1) is 19.2. The van der Waals surface area contributed by atoms with Gasteiger partial charge in [-0.25, -0.2) is 0 Å². The van der Waals surface area contributed by atoms with Crippen LogP contribution in [0.4, 0.5) is 0 Å². The molecule has 1 aliphatic carbocycles. The topological polar surface area (TPSA) is 90.6 Å². The molecule has 0 aliphatic heterocycles. The molecule has 1 fully saturated rings. The first-order chi connectivity index (χ1) is 12.0. The summed E-state index contributed by atoms with van der Waals surface area (Å²) in [5.74, 6) is 0.539. The largest absolute Gasteiger partial charge is 0.490 e. The van der Waals surface area contributed by atoms with Crippen molar-refractivity contribution in [3.8, 4) is 5.75 Å². The van der Waals surface area contributed by atoms with Crippen molar-refractivity contribution >= 4 is 11.9 Å². The number of nitrogens with one attached hydrogen (secondary N) is 1. The van der Waals surface area contributed by atoms with Crippen molar-refractivity contribution in [1.29, 1.82) is 0 Å². The molecule has 0 radical (unpaired) electrons. The number of aryl methyl sites for hydroxylation is 1. The van der Waals surface area contributed by atoms with Crippen LogP contribution < -0.4 is 15.8 Å². The number of carbonyl (C=O) groups excluding carboxylic acids is 2. The Hall–Kier alpha value is -2.08. The van der Waals surface area contributed by atoms with E-state index < -0.39 is 0 Å². The lowest BCUT2D eigenvalue weighted by Gasteiger charge is -2.28. The molecule has 0 saturated heterocycles. The molecule has 1 amide bonds. The third-order valence-corrected chi connectivity index (χ3v) is 4.47. The second-order valence-electron chi connectivity index (χ2n) is 6.36. The van der Waals surface area contributed by atoms with Crippen LogP contribution in [0.1, 0.15) is 48.5 Å². The lowest BCUT2D eigenvalue weighted by atomic mass is 9.87. The molecule has 1 aromatic rings. The van der Waals surface area contributed by atoms with Crippen LogP contribution in [0, 0.1) is 12.8 Å². The van der Waals surface area contributed by atoms with Crippen LogP contribution in [0.2, 0.25) is 0 Å². The Morgan fingerprint density at radius 3 is 2.56 bits per heavy atom. The summed E-state index contributed by atoms with van der Waals surface area (Å²) in [7, 11) is 0. The van der Waals surface area contributed by atoms with Crippen molar-refractivity contribution in [2.75, 3.05) is 19.7 Å². The zero-order valence-corrected chi connectivity index (χ0v) is 15.0. The fourth-order valence-electron chi connectivity index (χ4n) is 3.11. The van der Waals surface area contributed by atoms with Crippen molar-refractivity contribution in [3.05, 3.63) is 29.3 Å². The second kappa shape index (κ2) is 9.42. The quantitative estimate of drug-likeness (QED) is 0.737. The van der Waals surface area contributed by atoms with E-state index in [1.54, 1.807) is 6.07 Å². The summed E-state index contributed by atoms with van der Waals surface area (Å²) < 4.78 is 11.1. The maximum Gasteiger partial charge on any atom is 0.308 e. The van der Waals surface area contributed by atoms with E-state index in [9.17, 15) is 9.59 Å². The minimum atomic E-state index is -0.121. The highest BCUT2D eigenvalue weighted by atomic mass is 16.5. The standard InChI is InChI=1S/C19H28N2O4/c1-3-24-19(23)14-4-6-15(7-5-14)25-16-8-9-17(13(2)12-16)18(22)21-11-10-20/h8-9,12,14-15H,3-7,10-11,20H2,1-2H3,(H,21,22)/t14-,15+. The minimum Gasteiger partial charge on any atom is -0.490 e. The number of carbonyl (C=O) groups is 2. The Balaban J connectivity index is 1.88. The van der Waals surface area contributed by atoms with Gasteiger partial charge in [-0.2, -0.15) is 0 Å². The lowest BCUT2D eigenvalue weighted by Crippen LogP contribution is -2.30. The van der Waals surface area contributed by atoms with Crippen molar-refractivity contribution < 1.29 is 19.1 Å². The van der Waals surface area contributed by atoms with Gasteiger partial charge >= 0.3 is 5.97 Å². The predicted octanol–water partition coefficient (Wildman–Crippen LogP) is 2.18. The SMILES string of the molecule is CCOC(=O)[C@H]1CC[C@@H](Oc2ccc(C(=O)NCCN)c(C)c2)CC1. The van der Waals surface area contributed by atoms with Gasteiger partial charge in [-0.05, 0) is 63.3 Å². The maximum absolute atomic E-state index is 12.0. The highest BCUT2D eigenvalue weighted by Gasteiger charge is 2.28. The van der Waals surface area contributed by atoms with E-state index in [0.29, 0.717) is 25.3 Å². The summed E-state index contributed by atoms with van der Waals surface area (Å²) in [6.07, 6.45) is 3.36. The third-order valence-electron chi connectivity index (χ3n) is 4.47. The monoisotopic (exact) mass is 348 g/mol. The smallest absolute Gasteiger partial charge is 0.308 e. The summed E-state index contributed by atoms with van der Waals surface area (Å²) in [5.41, 5.74) is 6.90. The summed E-state index contributed by atoms with van der Waals surface area (Å²) in [5, 5.41) is 2.77. The van der Waals surface area contributed by atoms with E-state index in [0.717, 1.165) is 37.0 Å². The Bertz CT molecular complexity index is 595. The van der Waals surface area contributed by atoms with Gasteiger partial charge < -0.3 is 20.5 Å². The average molecular weight is 348 g/mol. The van der Waals surface area contributed by atoms with E-state index in [2.05, 4.69) is 5.32 Å². The number of esters is 1. The highest BCUT2D eigenvalue weighted by molar-refractivity contribution is 5.95. The molecular formula is C19H28N2O4. The third kappa shape index (κ3) is 5.46. The van der Waals surface area contributed by atoms with Crippen molar-refractivity contribution in [2.45, 2.75) is 45.6 Å². The number of hydrogen-bond donors (Lipinski definition) is 2. The van der Waals surface area contributed by atoms with Gasteiger partial charge in [0.05, 0.1) is 18.6 Å². The number of amides is 1. The zero-order valence-electron chi connectivity index (χ0n) is 15.0. The van der Waals surface area contributed by atoms with Crippen molar-refractivity contribution in [2.24, 2.45) is 11.7 Å². The van der Waals surface area contributed by atoms with Crippen LogP contribution in [0.25, 0.3) is 0 Å². The predicted molar refractivity (Wildman–Crippen MR) is 95.6 cm³/mol. The zero-order chi connectivity index (χ0) is 18.2. The summed E-state index contributed by atoms with van der Waals surface area (Å²) in [6.45, 7) is 5.03. The molecule has 0 atom stereocenters. The van der Waals surface area contributed by atoms with Gasteiger partial charge in [-0.1, -0.05) is 0 Å². The molecule has 138 valence electrons. The number of hydrogen-bond acceptors (Lipinski definition) is 5. The van der Waals surface area contributed by atoms with E-state index in [1.165, 1.54) is 0 Å². The van der Waals surface area contributed by atoms with E-state index in [1.807, 2.05) is 26.0 Å². The number of ether oxygens (including phenoxy) is 2. The summed E-state index contributed by atoms with van der Waals surface area (Å²) >= 11 is 0. The van der Waals surface area contributed by atoms with Gasteiger partial charge in [0.2, 0.25) is 0 Å². The maximum atomic E-state index is 12.0. The molecular weight excluding hydrogens is 320 g/mol. The van der Waals surface area contributed by atoms with Crippen molar-refractivity contribution in [1.82, 2.24) is 5.32 Å². The fraction of sp³-hybridized carbons (Fsp3) is 0.579. The van der Waals surface area contributed by atoms with E-state index in [-0.39, 0.29) is 23.9 Å². The number of rotatable bonds is 7. The van der Waals surface area contributed by atoms with Gasteiger partial charge in [-0.15, -0.1) is 0 Å². The summed E-state index contributed by atoms with van der Waals surface area (Å²) in [6, 6.07) is 5.48. The van der Waals surface area contributed by atoms with Gasteiger partial charge in [0.25, 0.3) is 5.91 Å². The van der Waals surface area contributed by atoms with Gasteiger partial charge in [-0.3, -0.25) is 9.59 Å². The number of benzene rings is 1. The molecule has 0 bridgehead atoms. The lowest BCUT2D eigenvalue weighted by molar-refractivity contribution is -0.149. The van der Waals surface area contributed by atoms with Gasteiger partial charge in [0.15, 0.2) is 0 Å². The Morgan fingerprint density at radius 2 is 1.96 bits per heavy atom. The second-order valence-corrected chi connectivity index (χ2v) is 6.36. The first-order valence-corrected chi connectivity index (χ1v) is 8.97. The Kier molecular flexibility index (Phi) is 7.25. The van der Waals surface area contributed by atoms with Gasteiger partial charge in [0, 0.05) is 18.7 Å². The van der Waals surface area contributed by atoms with Crippen LogP contribution in [0.15, 0.2) is 18.2 Å². The van der Waals surface area contributed by atoms with Crippen LogP contribution >= 0.6 is 0 Å². The molecule has 3 N–H and O–H groups in total. The molecule has 1 saturated carbocycles. The molecule has 0 aromatic heterocycles. The molecule has 0 spiro atoms. The normalized spacial score (nSPS) is 20.0. The first-order valence-electron chi connectivity index (χ1n) is 8.97. The fourth-order valence-corrected chi connectivity index (χ4v) is 3.11. The molecule has 0 heterocycles. The molecule has 25 heavy (non-hydrogen) atoms. The van der Waals surface area contributed by atoms with Crippen molar-refractivity contribution in [3.63, 3.8) is 0 Å². The summed E-state index contributed by atoms with van der Waals surface area (Å²) in [4.78, 5) is 23.8. The van der Waals surface area contributed by atoms with Crippen LogP contribution in [-0.2, 0) is 9.53 Å². The number of nitrogens with two attached hydrogens (primary N) is 1. The minimum absolute atomic E-state index is 0.00449. The molecule has 6 heteroatoms. The molecule has 1 aliphatic rings. The van der Waals surface area contributed by atoms with Crippen LogP contribution in [-0.4, -0.2) is 37.7 Å². The molecule has 2 rings (SSSR count). The Labute approximate surface area is 149 Å². The van der Waals surface area contributed by atoms with E-state index >= 15 is 0 Å². The molecule has 1 aromatic carbocycles. The van der Waals surface area contributed by atoms with Crippen LogP contribution in [0.5, 0.6) is 5.75 Å². The van der Waals surface area contributed by atoms with E-state index in [4.69, 9.17) is 15.2 Å². The average Bonchev–Trinajstić information content (AvgIpc) is 2.60. The Morgan fingerprint density at radius 1 is 1.24 bits per heavy atom. The van der Waals surface area contributed by atoms with Gasteiger partial charge in [0.1, 0.15) is 5.75 Å². The molecule has 6 nitrogen and oxygen atoms in total. The highest BCUT2D eigenvalue weighted by Crippen LogP contribution is 2.29. The van der Waals surface area contributed by atoms with Crippen LogP contribution in [0.3, 0.4) is 0 Å². The molecule has 0 unspecified atom stereocenters.